The first-order valence-corrected chi connectivity index (χ1v) is 28.6. The van der Waals surface area contributed by atoms with Crippen LogP contribution in [0.5, 0.6) is 0 Å². The largest absolute Gasteiger partial charge is 0.479 e. The zero-order valence-electron chi connectivity index (χ0n) is 45.0. The lowest BCUT2D eigenvalue weighted by Crippen LogP contribution is -2.61. The predicted octanol–water partition coefficient (Wildman–Crippen LogP) is 14.2. The summed E-state index contributed by atoms with van der Waals surface area (Å²) in [4.78, 5) is 51.0. The van der Waals surface area contributed by atoms with Crippen LogP contribution in [-0.2, 0) is 42.9 Å². The van der Waals surface area contributed by atoms with Gasteiger partial charge in [0.05, 0.1) is 6.61 Å². The fraction of sp³-hybridized carbons (Fsp3) is 0.797. The number of allylic oxidation sites excluding steroid dienone is 8. The third kappa shape index (κ3) is 38.0. The molecule has 0 aromatic rings. The van der Waals surface area contributed by atoms with Gasteiger partial charge in [-0.2, -0.15) is 0 Å². The van der Waals surface area contributed by atoms with Crippen molar-refractivity contribution in [2.75, 3.05) is 13.2 Å². The minimum Gasteiger partial charge on any atom is -0.479 e. The molecule has 0 aromatic heterocycles. The molecule has 3 N–H and O–H groups in total. The van der Waals surface area contributed by atoms with Gasteiger partial charge in [0.2, 0.25) is 0 Å². The summed E-state index contributed by atoms with van der Waals surface area (Å²) in [5.41, 5.74) is 0. The molecule has 1 fully saturated rings. The zero-order chi connectivity index (χ0) is 51.8. The van der Waals surface area contributed by atoms with Crippen LogP contribution in [0, 0.1) is 0 Å². The van der Waals surface area contributed by atoms with Crippen LogP contribution in [0.1, 0.15) is 252 Å². The molecule has 1 rings (SSSR count). The highest BCUT2D eigenvalue weighted by molar-refractivity contribution is 5.74. The molecule has 0 amide bonds. The van der Waals surface area contributed by atoms with Crippen LogP contribution in [0.15, 0.2) is 48.6 Å². The van der Waals surface area contributed by atoms with Gasteiger partial charge >= 0.3 is 23.9 Å². The average Bonchev–Trinajstić information content (AvgIpc) is 3.35. The van der Waals surface area contributed by atoms with Crippen molar-refractivity contribution in [1.82, 2.24) is 0 Å². The van der Waals surface area contributed by atoms with E-state index in [4.69, 9.17) is 23.7 Å². The summed E-state index contributed by atoms with van der Waals surface area (Å²) < 4.78 is 28.3. The lowest BCUT2D eigenvalue weighted by atomic mass is 9.98. The fourth-order valence-corrected chi connectivity index (χ4v) is 8.49. The number of esters is 3. The van der Waals surface area contributed by atoms with Gasteiger partial charge in [0, 0.05) is 19.3 Å². The highest BCUT2D eigenvalue weighted by Gasteiger charge is 2.50. The van der Waals surface area contributed by atoms with E-state index in [0.717, 1.165) is 96.3 Å². The Bertz CT molecular complexity index is 1420. The Balaban J connectivity index is 2.72. The second-order valence-corrected chi connectivity index (χ2v) is 19.5. The van der Waals surface area contributed by atoms with Crippen LogP contribution in [0.4, 0.5) is 0 Å². The van der Waals surface area contributed by atoms with Crippen LogP contribution in [0.2, 0.25) is 0 Å². The van der Waals surface area contributed by atoms with Crippen LogP contribution >= 0.6 is 0 Å². The van der Waals surface area contributed by atoms with Gasteiger partial charge in [-0.25, -0.2) is 4.79 Å². The number of carbonyl (C=O) groups excluding carboxylic acids is 3. The summed E-state index contributed by atoms with van der Waals surface area (Å²) in [6.07, 6.45) is 43.8. The van der Waals surface area contributed by atoms with Crippen molar-refractivity contribution < 1.29 is 58.2 Å². The third-order valence-corrected chi connectivity index (χ3v) is 12.9. The number of rotatable bonds is 48. The molecule has 6 atom stereocenters. The lowest BCUT2D eigenvalue weighted by molar-refractivity contribution is -0.301. The van der Waals surface area contributed by atoms with E-state index in [1.807, 2.05) is 0 Å². The molecule has 1 aliphatic rings. The van der Waals surface area contributed by atoms with Gasteiger partial charge in [-0.1, -0.05) is 204 Å². The average molecular weight is 1000 g/mol. The molecule has 1 aliphatic heterocycles. The minimum absolute atomic E-state index is 0.0481. The normalized spacial score (nSPS) is 18.8. The monoisotopic (exact) mass is 1000 g/mol. The predicted molar refractivity (Wildman–Crippen MR) is 285 cm³/mol. The molecule has 12 heteroatoms. The van der Waals surface area contributed by atoms with Gasteiger partial charge in [0.15, 0.2) is 24.6 Å². The number of aliphatic hydroxyl groups is 2. The van der Waals surface area contributed by atoms with Crippen molar-refractivity contribution in [1.29, 1.82) is 0 Å². The molecule has 12 nitrogen and oxygen atoms in total. The van der Waals surface area contributed by atoms with E-state index in [1.165, 1.54) is 96.3 Å². The molecule has 0 saturated carbocycles. The van der Waals surface area contributed by atoms with Gasteiger partial charge in [-0.3, -0.25) is 14.4 Å². The second kappa shape index (κ2) is 47.7. The smallest absolute Gasteiger partial charge is 0.335 e. The number of aliphatic hydroxyl groups excluding tert-OH is 2. The van der Waals surface area contributed by atoms with E-state index in [-0.39, 0.29) is 25.9 Å². The zero-order valence-corrected chi connectivity index (χ0v) is 45.0. The van der Waals surface area contributed by atoms with Crippen LogP contribution in [-0.4, -0.2) is 89.2 Å². The summed E-state index contributed by atoms with van der Waals surface area (Å²) in [6, 6.07) is 0. The Hall–Kier alpha value is -3.32. The van der Waals surface area contributed by atoms with Gasteiger partial charge in [0.1, 0.15) is 18.8 Å². The van der Waals surface area contributed by atoms with Crippen molar-refractivity contribution in [3.05, 3.63) is 48.6 Å². The van der Waals surface area contributed by atoms with E-state index in [2.05, 4.69) is 69.4 Å². The Morgan fingerprint density at radius 2 is 0.887 bits per heavy atom. The second-order valence-electron chi connectivity index (χ2n) is 19.5. The fourth-order valence-electron chi connectivity index (χ4n) is 8.49. The maximum atomic E-state index is 13.1. The Morgan fingerprint density at radius 3 is 1.39 bits per heavy atom. The van der Waals surface area contributed by atoms with Gasteiger partial charge < -0.3 is 39.0 Å². The molecule has 1 saturated heterocycles. The molecular weight excluding hydrogens is 901 g/mol. The highest BCUT2D eigenvalue weighted by Crippen LogP contribution is 2.26. The van der Waals surface area contributed by atoms with E-state index in [0.29, 0.717) is 19.3 Å². The van der Waals surface area contributed by atoms with Crippen molar-refractivity contribution in [2.45, 2.75) is 289 Å². The molecule has 0 bridgehead atoms. The Kier molecular flexibility index (Phi) is 44.1. The lowest BCUT2D eigenvalue weighted by Gasteiger charge is -2.40. The number of carboxylic acids is 1. The molecule has 0 radical (unpaired) electrons. The summed E-state index contributed by atoms with van der Waals surface area (Å²) in [6.45, 7) is 5.84. The molecule has 0 aromatic carbocycles. The van der Waals surface area contributed by atoms with Gasteiger partial charge in [0.25, 0.3) is 0 Å². The standard InChI is InChI=1S/C59H102O12/c1-4-7-10-13-16-19-22-25-26-29-30-33-36-39-42-45-51(60)67-48-50(69-52(61)46-43-40-37-34-31-27-23-20-17-14-11-8-5-2)49-68-59-57(55(64)54(63)56(71-59)58(65)66)70-53(62)47-44-41-38-35-32-28-24-21-18-15-12-9-6-3/h8,11,17,20-21,24,27,31,50,54-57,59,63-64H,4-7,9-10,12-16,18-19,22-23,25-26,28-30,32-49H2,1-3H3,(H,65,66)/b11-8-,20-17-,24-21-,31-27-. The molecule has 6 unspecified atom stereocenters. The maximum Gasteiger partial charge on any atom is 0.335 e. The van der Waals surface area contributed by atoms with E-state index in [9.17, 15) is 34.5 Å². The molecule has 0 aliphatic carbocycles. The number of hydrogen-bond donors (Lipinski definition) is 3. The van der Waals surface area contributed by atoms with Crippen LogP contribution in [0.3, 0.4) is 0 Å². The number of hydrogen-bond acceptors (Lipinski definition) is 11. The number of ether oxygens (including phenoxy) is 5. The van der Waals surface area contributed by atoms with Crippen LogP contribution < -0.4 is 0 Å². The minimum atomic E-state index is -1.91. The SMILES string of the molecule is CC/C=C\C/C=C\C/C=C\CCCCCC(=O)OC(COC(=O)CCCCCCCCCCCCCCCCC)COC1OC(C(=O)O)C(O)C(O)C1OC(=O)CCCCCCC/C=C\CCCCCC. The van der Waals surface area contributed by atoms with E-state index >= 15 is 0 Å². The summed E-state index contributed by atoms with van der Waals surface area (Å²) in [5.74, 6) is -3.16. The summed E-state index contributed by atoms with van der Waals surface area (Å²) in [5, 5.41) is 31.4. The Labute approximate surface area is 431 Å². The number of aliphatic carboxylic acids is 1. The maximum absolute atomic E-state index is 13.1. The first-order valence-electron chi connectivity index (χ1n) is 28.6. The van der Waals surface area contributed by atoms with Gasteiger partial charge in [-0.15, -0.1) is 0 Å². The van der Waals surface area contributed by atoms with Crippen molar-refractivity contribution in [3.63, 3.8) is 0 Å². The van der Waals surface area contributed by atoms with Crippen LogP contribution in [0.25, 0.3) is 0 Å². The molecular formula is C59H102O12. The molecule has 71 heavy (non-hydrogen) atoms. The summed E-state index contributed by atoms with van der Waals surface area (Å²) in [7, 11) is 0. The number of unbranched alkanes of at least 4 members (excludes halogenated alkanes) is 26. The van der Waals surface area contributed by atoms with Crippen molar-refractivity contribution >= 4 is 23.9 Å². The number of carbonyl (C=O) groups is 4. The first kappa shape index (κ1) is 65.7. The molecule has 410 valence electrons. The van der Waals surface area contributed by atoms with Gasteiger partial charge in [-0.05, 0) is 77.0 Å². The molecule has 1 heterocycles. The highest BCUT2D eigenvalue weighted by atomic mass is 16.7. The molecule has 0 spiro atoms. The van der Waals surface area contributed by atoms with Crippen molar-refractivity contribution in [2.24, 2.45) is 0 Å². The summed E-state index contributed by atoms with van der Waals surface area (Å²) >= 11 is 0. The first-order chi connectivity index (χ1) is 34.6. The number of carboxylic acid groups (broad SMARTS) is 1. The third-order valence-electron chi connectivity index (χ3n) is 12.9. The topological polar surface area (TPSA) is 175 Å². The Morgan fingerprint density at radius 1 is 0.479 bits per heavy atom. The van der Waals surface area contributed by atoms with Crippen molar-refractivity contribution in [3.8, 4) is 0 Å². The quantitative estimate of drug-likeness (QED) is 0.0228. The van der Waals surface area contributed by atoms with E-state index < -0.39 is 67.3 Å². The van der Waals surface area contributed by atoms with E-state index in [1.54, 1.807) is 0 Å².